The maximum Gasteiger partial charge on any atom is 0.220 e. The Balaban J connectivity index is 0.00000242. The first-order valence-corrected chi connectivity index (χ1v) is 8.77. The van der Waals surface area contributed by atoms with E-state index in [2.05, 4.69) is 29.6 Å². The van der Waals surface area contributed by atoms with Crippen molar-refractivity contribution in [2.24, 2.45) is 5.92 Å². The maximum atomic E-state index is 12.1. The topological polar surface area (TPSA) is 44.4 Å². The van der Waals surface area contributed by atoms with Crippen LogP contribution in [0.1, 0.15) is 57.8 Å². The molecule has 2 N–H and O–H groups in total. The summed E-state index contributed by atoms with van der Waals surface area (Å²) in [6.07, 6.45) is 10.7. The lowest BCUT2D eigenvalue weighted by Crippen LogP contribution is -2.52. The molecule has 2 aliphatic rings. The van der Waals surface area contributed by atoms with Gasteiger partial charge in [-0.3, -0.25) is 4.79 Å². The summed E-state index contributed by atoms with van der Waals surface area (Å²) in [5.74, 6) is 0.948. The quantitative estimate of drug-likeness (QED) is 0.709. The highest BCUT2D eigenvalue weighted by atomic mass is 35.5. The zero-order chi connectivity index (χ0) is 15.1. The van der Waals surface area contributed by atoms with Crippen molar-refractivity contribution in [3.8, 4) is 0 Å². The Kier molecular flexibility index (Phi) is 11.5. The van der Waals surface area contributed by atoms with Crippen molar-refractivity contribution in [1.82, 2.24) is 15.5 Å². The Morgan fingerprint density at radius 2 is 1.83 bits per heavy atom. The van der Waals surface area contributed by atoms with Crippen LogP contribution in [-0.4, -0.2) is 50.1 Å². The molecule has 1 amide bonds. The van der Waals surface area contributed by atoms with Crippen LogP contribution in [0.2, 0.25) is 0 Å². The highest BCUT2D eigenvalue weighted by Crippen LogP contribution is 2.30. The van der Waals surface area contributed by atoms with Gasteiger partial charge >= 0.3 is 0 Å². The summed E-state index contributed by atoms with van der Waals surface area (Å²) in [5.41, 5.74) is 0.182. The van der Waals surface area contributed by atoms with Crippen LogP contribution in [0.4, 0.5) is 0 Å². The zero-order valence-electron chi connectivity index (χ0n) is 14.7. The first-order chi connectivity index (χ1) is 10.1. The van der Waals surface area contributed by atoms with Gasteiger partial charge < -0.3 is 15.5 Å². The number of halogens is 2. The molecule has 0 bridgehead atoms. The van der Waals surface area contributed by atoms with E-state index in [1.165, 1.54) is 44.9 Å². The summed E-state index contributed by atoms with van der Waals surface area (Å²) < 4.78 is 0. The van der Waals surface area contributed by atoms with E-state index in [9.17, 15) is 4.79 Å². The van der Waals surface area contributed by atoms with Crippen molar-refractivity contribution in [2.45, 2.75) is 63.3 Å². The normalized spacial score (nSPS) is 23.5. The van der Waals surface area contributed by atoms with Gasteiger partial charge in [-0.15, -0.1) is 24.8 Å². The standard InChI is InChI=1S/C17H33N3O.2ClH/c1-20(2)17(10-5-3-4-6-11-17)14-19-16(21)8-7-15-9-12-18-13-15;;/h15,18H,3-14H2,1-2H3,(H,19,21);2*1H. The summed E-state index contributed by atoms with van der Waals surface area (Å²) in [4.78, 5) is 14.5. The van der Waals surface area contributed by atoms with Gasteiger partial charge in [0.25, 0.3) is 0 Å². The first-order valence-electron chi connectivity index (χ1n) is 8.77. The van der Waals surface area contributed by atoms with E-state index in [1.54, 1.807) is 0 Å². The van der Waals surface area contributed by atoms with Crippen molar-refractivity contribution in [3.05, 3.63) is 0 Å². The smallest absolute Gasteiger partial charge is 0.220 e. The predicted octanol–water partition coefficient (Wildman–Crippen LogP) is 2.99. The van der Waals surface area contributed by atoms with Gasteiger partial charge in [-0.1, -0.05) is 25.7 Å². The van der Waals surface area contributed by atoms with E-state index in [0.717, 1.165) is 26.1 Å². The molecule has 6 heteroatoms. The molecule has 0 aromatic heterocycles. The minimum atomic E-state index is 0. The van der Waals surface area contributed by atoms with Crippen LogP contribution >= 0.6 is 24.8 Å². The van der Waals surface area contributed by atoms with Crippen LogP contribution < -0.4 is 10.6 Å². The highest BCUT2D eigenvalue weighted by molar-refractivity contribution is 5.85. The summed E-state index contributed by atoms with van der Waals surface area (Å²) in [6.45, 7) is 3.03. The molecule has 138 valence electrons. The molecule has 0 aromatic carbocycles. The number of hydrogen-bond donors (Lipinski definition) is 2. The van der Waals surface area contributed by atoms with Gasteiger partial charge in [-0.2, -0.15) is 0 Å². The van der Waals surface area contributed by atoms with Gasteiger partial charge in [-0.05, 0) is 58.8 Å². The number of hydrogen-bond acceptors (Lipinski definition) is 3. The van der Waals surface area contributed by atoms with E-state index in [0.29, 0.717) is 12.3 Å². The fourth-order valence-corrected chi connectivity index (χ4v) is 3.82. The predicted molar refractivity (Wildman–Crippen MR) is 102 cm³/mol. The molecule has 1 heterocycles. The van der Waals surface area contributed by atoms with E-state index in [-0.39, 0.29) is 36.3 Å². The number of likely N-dealkylation sites (N-methyl/N-ethyl adjacent to an activating group) is 1. The Morgan fingerprint density at radius 3 is 2.35 bits per heavy atom. The number of carbonyl (C=O) groups excluding carboxylic acids is 1. The van der Waals surface area contributed by atoms with E-state index in [4.69, 9.17) is 0 Å². The van der Waals surface area contributed by atoms with Crippen LogP contribution in [0.15, 0.2) is 0 Å². The van der Waals surface area contributed by atoms with Crippen LogP contribution in [0.5, 0.6) is 0 Å². The lowest BCUT2D eigenvalue weighted by atomic mass is 9.88. The molecule has 0 aromatic rings. The van der Waals surface area contributed by atoms with Crippen LogP contribution in [0, 0.1) is 5.92 Å². The van der Waals surface area contributed by atoms with Gasteiger partial charge in [0, 0.05) is 18.5 Å². The van der Waals surface area contributed by atoms with Gasteiger partial charge in [0.05, 0.1) is 0 Å². The highest BCUT2D eigenvalue weighted by Gasteiger charge is 2.33. The van der Waals surface area contributed by atoms with Gasteiger partial charge in [-0.25, -0.2) is 0 Å². The van der Waals surface area contributed by atoms with Crippen molar-refractivity contribution in [1.29, 1.82) is 0 Å². The molecular weight excluding hydrogens is 333 g/mol. The molecule has 0 spiro atoms. The minimum absolute atomic E-state index is 0. The second-order valence-electron chi connectivity index (χ2n) is 7.21. The van der Waals surface area contributed by atoms with E-state index < -0.39 is 0 Å². The summed E-state index contributed by atoms with van der Waals surface area (Å²) in [6, 6.07) is 0. The summed E-state index contributed by atoms with van der Waals surface area (Å²) >= 11 is 0. The summed E-state index contributed by atoms with van der Waals surface area (Å²) in [5, 5.41) is 6.59. The van der Waals surface area contributed by atoms with Crippen LogP contribution in [0.25, 0.3) is 0 Å². The monoisotopic (exact) mass is 367 g/mol. The van der Waals surface area contributed by atoms with Gasteiger partial charge in [0.15, 0.2) is 0 Å². The fourth-order valence-electron chi connectivity index (χ4n) is 3.82. The van der Waals surface area contributed by atoms with E-state index in [1.807, 2.05) is 0 Å². The molecule has 1 saturated carbocycles. The van der Waals surface area contributed by atoms with E-state index >= 15 is 0 Å². The Labute approximate surface area is 154 Å². The third-order valence-electron chi connectivity index (χ3n) is 5.54. The molecule has 2 fully saturated rings. The average molecular weight is 368 g/mol. The van der Waals surface area contributed by atoms with Crippen molar-refractivity contribution < 1.29 is 4.79 Å². The van der Waals surface area contributed by atoms with Gasteiger partial charge in [0.1, 0.15) is 0 Å². The lowest BCUT2D eigenvalue weighted by Gasteiger charge is -2.39. The first kappa shape index (κ1) is 23.0. The number of nitrogens with one attached hydrogen (secondary N) is 2. The average Bonchev–Trinajstić information content (AvgIpc) is 2.87. The molecule has 1 aliphatic heterocycles. The third-order valence-corrected chi connectivity index (χ3v) is 5.54. The second-order valence-corrected chi connectivity index (χ2v) is 7.21. The third kappa shape index (κ3) is 7.16. The minimum Gasteiger partial charge on any atom is -0.354 e. The molecule has 1 unspecified atom stereocenters. The molecule has 1 aliphatic carbocycles. The number of amides is 1. The zero-order valence-corrected chi connectivity index (χ0v) is 16.4. The molecule has 4 nitrogen and oxygen atoms in total. The largest absolute Gasteiger partial charge is 0.354 e. The van der Waals surface area contributed by atoms with Crippen molar-refractivity contribution >= 4 is 30.7 Å². The van der Waals surface area contributed by atoms with Crippen molar-refractivity contribution in [2.75, 3.05) is 33.7 Å². The van der Waals surface area contributed by atoms with Crippen LogP contribution in [0.3, 0.4) is 0 Å². The molecule has 1 atom stereocenters. The number of nitrogens with zero attached hydrogens (tertiary/aromatic N) is 1. The fraction of sp³-hybridized carbons (Fsp3) is 0.941. The maximum absolute atomic E-state index is 12.1. The van der Waals surface area contributed by atoms with Crippen molar-refractivity contribution in [3.63, 3.8) is 0 Å². The Morgan fingerprint density at radius 1 is 1.17 bits per heavy atom. The molecule has 23 heavy (non-hydrogen) atoms. The molecule has 1 saturated heterocycles. The SMILES string of the molecule is CN(C)C1(CNC(=O)CCC2CCNC2)CCCCCC1.Cl.Cl. The Bertz CT molecular complexity index is 326. The lowest BCUT2D eigenvalue weighted by molar-refractivity contribution is -0.122. The number of carbonyl (C=O) groups is 1. The molecule has 2 rings (SSSR count). The summed E-state index contributed by atoms with van der Waals surface area (Å²) in [7, 11) is 4.34. The number of rotatable bonds is 6. The Hall–Kier alpha value is -0.0300. The van der Waals surface area contributed by atoms with Crippen LogP contribution in [-0.2, 0) is 4.79 Å². The van der Waals surface area contributed by atoms with Gasteiger partial charge in [0.2, 0.25) is 5.91 Å². The molecule has 0 radical (unpaired) electrons. The molecular formula is C17H35Cl2N3O. The second kappa shape index (κ2) is 11.5.